The van der Waals surface area contributed by atoms with Crippen LogP contribution in [-0.2, 0) is 0 Å². The van der Waals surface area contributed by atoms with Crippen molar-refractivity contribution in [3.05, 3.63) is 53.6 Å². The standard InChI is InChI=1S/C21H24N2O3S/c1-14(2)13-22-20(24)16-6-9-19-18(12-16)23(10-11-27-19)21(25)15-4-7-17(26-3)8-5-15/h4-9,12,14H,10-11,13H2,1-3H3,(H,22,24). The van der Waals surface area contributed by atoms with Gasteiger partial charge in [-0.2, -0.15) is 0 Å². The molecule has 0 bridgehead atoms. The number of carbonyl (C=O) groups is 2. The van der Waals surface area contributed by atoms with Crippen LogP contribution in [0.2, 0.25) is 0 Å². The van der Waals surface area contributed by atoms with Crippen LogP contribution in [0.25, 0.3) is 0 Å². The van der Waals surface area contributed by atoms with Crippen LogP contribution in [0.3, 0.4) is 0 Å². The molecule has 1 aliphatic heterocycles. The molecule has 0 aliphatic carbocycles. The van der Waals surface area contributed by atoms with E-state index in [4.69, 9.17) is 4.74 Å². The van der Waals surface area contributed by atoms with Gasteiger partial charge in [-0.15, -0.1) is 11.8 Å². The second-order valence-electron chi connectivity index (χ2n) is 6.82. The van der Waals surface area contributed by atoms with Crippen molar-refractivity contribution in [3.63, 3.8) is 0 Å². The lowest BCUT2D eigenvalue weighted by Gasteiger charge is -2.29. The molecule has 1 heterocycles. The van der Waals surface area contributed by atoms with Crippen molar-refractivity contribution in [1.82, 2.24) is 5.32 Å². The van der Waals surface area contributed by atoms with Gasteiger partial charge < -0.3 is 15.0 Å². The number of nitrogens with zero attached hydrogens (tertiary/aromatic N) is 1. The average molecular weight is 385 g/mol. The summed E-state index contributed by atoms with van der Waals surface area (Å²) in [5.41, 5.74) is 1.97. The third-order valence-electron chi connectivity index (χ3n) is 4.34. The predicted molar refractivity (Wildman–Crippen MR) is 109 cm³/mol. The summed E-state index contributed by atoms with van der Waals surface area (Å²) in [7, 11) is 1.60. The van der Waals surface area contributed by atoms with E-state index >= 15 is 0 Å². The molecule has 0 saturated heterocycles. The van der Waals surface area contributed by atoms with Gasteiger partial charge in [-0.05, 0) is 48.4 Å². The van der Waals surface area contributed by atoms with E-state index in [1.165, 1.54) is 0 Å². The fraction of sp³-hybridized carbons (Fsp3) is 0.333. The highest BCUT2D eigenvalue weighted by Crippen LogP contribution is 2.36. The third kappa shape index (κ3) is 4.45. The maximum absolute atomic E-state index is 13.0. The van der Waals surface area contributed by atoms with Crippen molar-refractivity contribution >= 4 is 29.3 Å². The summed E-state index contributed by atoms with van der Waals surface area (Å²) < 4.78 is 5.16. The number of rotatable bonds is 5. The Morgan fingerprint density at radius 2 is 1.85 bits per heavy atom. The van der Waals surface area contributed by atoms with Gasteiger partial charge in [-0.3, -0.25) is 9.59 Å². The molecule has 142 valence electrons. The minimum Gasteiger partial charge on any atom is -0.497 e. The molecule has 3 rings (SSSR count). The summed E-state index contributed by atoms with van der Waals surface area (Å²) in [4.78, 5) is 28.2. The Kier molecular flexibility index (Phi) is 6.06. The molecule has 0 radical (unpaired) electrons. The Morgan fingerprint density at radius 3 is 2.52 bits per heavy atom. The lowest BCUT2D eigenvalue weighted by Crippen LogP contribution is -2.36. The number of ether oxygens (including phenoxy) is 1. The third-order valence-corrected chi connectivity index (χ3v) is 5.38. The normalized spacial score (nSPS) is 13.3. The minimum atomic E-state index is -0.112. The zero-order valence-electron chi connectivity index (χ0n) is 15.8. The summed E-state index contributed by atoms with van der Waals surface area (Å²) in [6, 6.07) is 12.7. The highest BCUT2D eigenvalue weighted by Gasteiger charge is 2.25. The smallest absolute Gasteiger partial charge is 0.258 e. The zero-order valence-corrected chi connectivity index (χ0v) is 16.6. The van der Waals surface area contributed by atoms with E-state index in [0.29, 0.717) is 35.9 Å². The van der Waals surface area contributed by atoms with Gasteiger partial charge in [-0.25, -0.2) is 0 Å². The summed E-state index contributed by atoms with van der Waals surface area (Å²) in [5.74, 6) is 1.74. The van der Waals surface area contributed by atoms with E-state index < -0.39 is 0 Å². The van der Waals surface area contributed by atoms with Gasteiger partial charge in [0, 0.05) is 34.9 Å². The average Bonchev–Trinajstić information content (AvgIpc) is 2.70. The van der Waals surface area contributed by atoms with Gasteiger partial charge >= 0.3 is 0 Å². The lowest BCUT2D eigenvalue weighted by molar-refractivity contribution is 0.0946. The number of hydrogen-bond acceptors (Lipinski definition) is 4. The molecule has 0 saturated carbocycles. The van der Waals surface area contributed by atoms with Gasteiger partial charge in [0.05, 0.1) is 12.8 Å². The SMILES string of the molecule is COc1ccc(C(=O)N2CCSc3ccc(C(=O)NCC(C)C)cc32)cc1. The fourth-order valence-corrected chi connectivity index (χ4v) is 3.83. The first-order valence-corrected chi connectivity index (χ1v) is 9.99. The van der Waals surface area contributed by atoms with Crippen molar-refractivity contribution in [3.8, 4) is 5.75 Å². The molecule has 27 heavy (non-hydrogen) atoms. The Balaban J connectivity index is 1.86. The Hall–Kier alpha value is -2.47. The molecule has 6 heteroatoms. The zero-order chi connectivity index (χ0) is 19.4. The Labute approximate surface area is 164 Å². The number of anilines is 1. The van der Waals surface area contributed by atoms with E-state index in [-0.39, 0.29) is 11.8 Å². The Bertz CT molecular complexity index is 834. The van der Waals surface area contributed by atoms with Gasteiger partial charge in [0.2, 0.25) is 0 Å². The summed E-state index contributed by atoms with van der Waals surface area (Å²) in [5, 5.41) is 2.93. The van der Waals surface area contributed by atoms with Crippen LogP contribution in [0.15, 0.2) is 47.4 Å². The number of benzene rings is 2. The van der Waals surface area contributed by atoms with Crippen molar-refractivity contribution in [2.75, 3.05) is 30.9 Å². The molecule has 5 nitrogen and oxygen atoms in total. The molecule has 1 N–H and O–H groups in total. The summed E-state index contributed by atoms with van der Waals surface area (Å²) in [6.45, 7) is 5.34. The van der Waals surface area contributed by atoms with E-state index in [2.05, 4.69) is 19.2 Å². The van der Waals surface area contributed by atoms with Crippen molar-refractivity contribution in [1.29, 1.82) is 0 Å². The predicted octanol–water partition coefficient (Wildman–Crippen LogP) is 3.83. The monoisotopic (exact) mass is 384 g/mol. The number of thioether (sulfide) groups is 1. The topological polar surface area (TPSA) is 58.6 Å². The second-order valence-corrected chi connectivity index (χ2v) is 7.96. The van der Waals surface area contributed by atoms with Gasteiger partial charge in [0.25, 0.3) is 11.8 Å². The first-order valence-electron chi connectivity index (χ1n) is 9.00. The van der Waals surface area contributed by atoms with E-state index in [1.54, 1.807) is 48.0 Å². The van der Waals surface area contributed by atoms with Crippen LogP contribution >= 0.6 is 11.8 Å². The second kappa shape index (κ2) is 8.48. The maximum Gasteiger partial charge on any atom is 0.258 e. The van der Waals surface area contributed by atoms with E-state index in [1.807, 2.05) is 18.2 Å². The molecular formula is C21H24N2O3S. The molecule has 0 unspecified atom stereocenters. The largest absolute Gasteiger partial charge is 0.497 e. The van der Waals surface area contributed by atoms with Crippen molar-refractivity contribution < 1.29 is 14.3 Å². The first-order chi connectivity index (χ1) is 13.0. The van der Waals surface area contributed by atoms with Crippen LogP contribution in [0.4, 0.5) is 5.69 Å². The number of nitrogens with one attached hydrogen (secondary N) is 1. The van der Waals surface area contributed by atoms with E-state index in [9.17, 15) is 9.59 Å². The number of methoxy groups -OCH3 is 1. The van der Waals surface area contributed by atoms with Crippen LogP contribution in [0.1, 0.15) is 34.6 Å². The van der Waals surface area contributed by atoms with Crippen molar-refractivity contribution in [2.45, 2.75) is 18.7 Å². The molecular weight excluding hydrogens is 360 g/mol. The van der Waals surface area contributed by atoms with Gasteiger partial charge in [0.1, 0.15) is 5.75 Å². The maximum atomic E-state index is 13.0. The van der Waals surface area contributed by atoms with Crippen LogP contribution in [0.5, 0.6) is 5.75 Å². The highest BCUT2D eigenvalue weighted by atomic mass is 32.2. The lowest BCUT2D eigenvalue weighted by atomic mass is 10.1. The molecule has 2 aromatic carbocycles. The Morgan fingerprint density at radius 1 is 1.15 bits per heavy atom. The first kappa shape index (κ1) is 19.3. The van der Waals surface area contributed by atoms with Gasteiger partial charge in [0.15, 0.2) is 0 Å². The summed E-state index contributed by atoms with van der Waals surface area (Å²) in [6.07, 6.45) is 0. The van der Waals surface area contributed by atoms with Crippen LogP contribution < -0.4 is 15.0 Å². The molecule has 1 aliphatic rings. The van der Waals surface area contributed by atoms with Crippen LogP contribution in [-0.4, -0.2) is 37.8 Å². The molecule has 0 atom stereocenters. The molecule has 0 aromatic heterocycles. The van der Waals surface area contributed by atoms with Crippen molar-refractivity contribution in [2.24, 2.45) is 5.92 Å². The van der Waals surface area contributed by atoms with E-state index in [0.717, 1.165) is 16.3 Å². The van der Waals surface area contributed by atoms with Crippen LogP contribution in [0, 0.1) is 5.92 Å². The minimum absolute atomic E-state index is 0.0704. The molecule has 2 aromatic rings. The fourth-order valence-electron chi connectivity index (χ4n) is 2.86. The number of amides is 2. The molecule has 0 spiro atoms. The summed E-state index contributed by atoms with van der Waals surface area (Å²) >= 11 is 1.70. The quantitative estimate of drug-likeness (QED) is 0.851. The number of carbonyl (C=O) groups excluding carboxylic acids is 2. The molecule has 0 fully saturated rings. The molecule has 2 amide bonds. The number of hydrogen-bond donors (Lipinski definition) is 1. The number of fused-ring (bicyclic) bond motifs is 1. The highest BCUT2D eigenvalue weighted by molar-refractivity contribution is 7.99. The van der Waals surface area contributed by atoms with Gasteiger partial charge in [-0.1, -0.05) is 13.8 Å².